The van der Waals surface area contributed by atoms with E-state index in [1.54, 1.807) is 6.07 Å². The monoisotopic (exact) mass is 335 g/mol. The highest BCUT2D eigenvalue weighted by atomic mass is 35.5. The van der Waals surface area contributed by atoms with Crippen LogP contribution in [0.25, 0.3) is 10.9 Å². The van der Waals surface area contributed by atoms with Crippen molar-refractivity contribution >= 4 is 51.1 Å². The maximum absolute atomic E-state index is 12.3. The third-order valence-electron chi connectivity index (χ3n) is 3.14. The van der Waals surface area contributed by atoms with Crippen molar-refractivity contribution in [1.82, 2.24) is 4.98 Å². The Labute approximate surface area is 133 Å². The largest absolute Gasteiger partial charge is 0.359 e. The first kappa shape index (κ1) is 14.6. The molecule has 1 aromatic carbocycles. The average Bonchev–Trinajstić information content (AvgIpc) is 3.01. The number of fused-ring (bicyclic) bond motifs is 1. The zero-order valence-corrected chi connectivity index (χ0v) is 12.9. The summed E-state index contributed by atoms with van der Waals surface area (Å²) in [5, 5.41) is 14.4. The van der Waals surface area contributed by atoms with Crippen LogP contribution in [0.15, 0.2) is 30.3 Å². The standard InChI is InChI=1S/C14H10ClN3O3S/c1-7-5-8-9(16-7)3-2-4-10(8)17-14(19)12-6-11(18(20)21)13(15)22-12/h2-6,16H,1H3,(H,17,19). The van der Waals surface area contributed by atoms with Crippen molar-refractivity contribution in [3.63, 3.8) is 0 Å². The van der Waals surface area contributed by atoms with E-state index in [9.17, 15) is 14.9 Å². The summed E-state index contributed by atoms with van der Waals surface area (Å²) >= 11 is 6.66. The molecule has 0 bridgehead atoms. The second-order valence-electron chi connectivity index (χ2n) is 4.70. The molecule has 0 aliphatic carbocycles. The smallest absolute Gasteiger partial charge is 0.299 e. The van der Waals surface area contributed by atoms with Gasteiger partial charge >= 0.3 is 0 Å². The third kappa shape index (κ3) is 2.56. The molecule has 0 unspecified atom stereocenters. The molecule has 22 heavy (non-hydrogen) atoms. The first-order valence-corrected chi connectivity index (χ1v) is 7.48. The number of hydrogen-bond acceptors (Lipinski definition) is 4. The fourth-order valence-corrected chi connectivity index (χ4v) is 3.30. The second-order valence-corrected chi connectivity index (χ2v) is 6.35. The van der Waals surface area contributed by atoms with Gasteiger partial charge in [-0.25, -0.2) is 0 Å². The van der Waals surface area contributed by atoms with Crippen molar-refractivity contribution < 1.29 is 9.72 Å². The van der Waals surface area contributed by atoms with Crippen LogP contribution >= 0.6 is 22.9 Å². The molecule has 6 nitrogen and oxygen atoms in total. The van der Waals surface area contributed by atoms with Gasteiger partial charge in [-0.3, -0.25) is 14.9 Å². The second kappa shape index (κ2) is 5.43. The van der Waals surface area contributed by atoms with E-state index in [0.29, 0.717) is 5.69 Å². The number of hydrogen-bond donors (Lipinski definition) is 2. The maximum Gasteiger partial charge on any atom is 0.299 e. The minimum atomic E-state index is -0.605. The molecule has 0 saturated carbocycles. The van der Waals surface area contributed by atoms with Crippen LogP contribution in [0.1, 0.15) is 15.4 Å². The number of amides is 1. The Bertz CT molecular complexity index is 900. The molecule has 8 heteroatoms. The molecule has 0 radical (unpaired) electrons. The predicted octanol–water partition coefficient (Wildman–Crippen LogP) is 4.35. The first-order chi connectivity index (χ1) is 10.5. The molecule has 1 amide bonds. The SMILES string of the molecule is Cc1cc2c(NC(=O)c3cc([N+](=O)[O-])c(Cl)s3)cccc2[nH]1. The maximum atomic E-state index is 12.3. The Morgan fingerprint density at radius 1 is 1.41 bits per heavy atom. The van der Waals surface area contributed by atoms with Crippen molar-refractivity contribution in [3.05, 3.63) is 55.4 Å². The number of anilines is 1. The van der Waals surface area contributed by atoms with E-state index in [2.05, 4.69) is 10.3 Å². The number of aromatic amines is 1. The molecule has 0 saturated heterocycles. The van der Waals surface area contributed by atoms with Crippen LogP contribution < -0.4 is 5.32 Å². The van der Waals surface area contributed by atoms with Gasteiger partial charge in [-0.2, -0.15) is 0 Å². The number of rotatable bonds is 3. The lowest BCUT2D eigenvalue weighted by atomic mass is 10.2. The number of halogens is 1. The molecule has 3 rings (SSSR count). The summed E-state index contributed by atoms with van der Waals surface area (Å²) in [6, 6.07) is 8.61. The molecular weight excluding hydrogens is 326 g/mol. The highest BCUT2D eigenvalue weighted by Crippen LogP contribution is 2.34. The molecule has 0 aliphatic heterocycles. The van der Waals surface area contributed by atoms with Crippen molar-refractivity contribution in [2.45, 2.75) is 6.92 Å². The lowest BCUT2D eigenvalue weighted by molar-refractivity contribution is -0.384. The summed E-state index contributed by atoms with van der Waals surface area (Å²) in [6.07, 6.45) is 0. The number of H-pyrrole nitrogens is 1. The molecule has 0 spiro atoms. The highest BCUT2D eigenvalue weighted by Gasteiger charge is 2.21. The van der Waals surface area contributed by atoms with E-state index in [1.165, 1.54) is 6.07 Å². The van der Waals surface area contributed by atoms with Gasteiger partial charge in [-0.15, -0.1) is 11.3 Å². The van der Waals surface area contributed by atoms with Crippen LogP contribution in [-0.2, 0) is 0 Å². The molecule has 0 aliphatic rings. The number of nitro groups is 1. The number of thiophene rings is 1. The van der Waals surface area contributed by atoms with Gasteiger partial charge in [0.15, 0.2) is 4.34 Å². The van der Waals surface area contributed by atoms with Crippen LogP contribution in [0.2, 0.25) is 4.34 Å². The fraction of sp³-hybridized carbons (Fsp3) is 0.0714. The number of nitrogens with zero attached hydrogens (tertiary/aromatic N) is 1. The van der Waals surface area contributed by atoms with Crippen molar-refractivity contribution in [2.75, 3.05) is 5.32 Å². The summed E-state index contributed by atoms with van der Waals surface area (Å²) in [5.74, 6) is -0.425. The normalized spacial score (nSPS) is 10.8. The molecule has 2 heterocycles. The predicted molar refractivity (Wildman–Crippen MR) is 87.0 cm³/mol. The molecule has 2 aromatic heterocycles. The Balaban J connectivity index is 1.93. The number of benzene rings is 1. The van der Waals surface area contributed by atoms with Gasteiger partial charge in [0.1, 0.15) is 4.88 Å². The summed E-state index contributed by atoms with van der Waals surface area (Å²) in [7, 11) is 0. The lowest BCUT2D eigenvalue weighted by Crippen LogP contribution is -2.10. The van der Waals surface area contributed by atoms with Gasteiger partial charge in [0.25, 0.3) is 11.6 Å². The number of nitrogens with one attached hydrogen (secondary N) is 2. The Morgan fingerprint density at radius 3 is 2.86 bits per heavy atom. The van der Waals surface area contributed by atoms with Crippen LogP contribution in [0.3, 0.4) is 0 Å². The number of carbonyl (C=O) groups is 1. The summed E-state index contributed by atoms with van der Waals surface area (Å²) in [4.78, 5) is 25.8. The van der Waals surface area contributed by atoms with E-state index < -0.39 is 10.8 Å². The summed E-state index contributed by atoms with van der Waals surface area (Å²) in [5.41, 5.74) is 2.27. The average molecular weight is 336 g/mol. The van der Waals surface area contributed by atoms with E-state index in [4.69, 9.17) is 11.6 Å². The van der Waals surface area contributed by atoms with Crippen molar-refractivity contribution in [2.24, 2.45) is 0 Å². The van der Waals surface area contributed by atoms with E-state index in [0.717, 1.165) is 27.9 Å². The number of aryl methyl sites for hydroxylation is 1. The Kier molecular flexibility index (Phi) is 3.59. The van der Waals surface area contributed by atoms with Crippen LogP contribution in [-0.4, -0.2) is 15.8 Å². The fourth-order valence-electron chi connectivity index (χ4n) is 2.18. The van der Waals surface area contributed by atoms with Gasteiger partial charge in [0.05, 0.1) is 10.6 Å². The lowest BCUT2D eigenvalue weighted by Gasteiger charge is -2.04. The summed E-state index contributed by atoms with van der Waals surface area (Å²) < 4.78 is -0.00847. The number of carbonyl (C=O) groups excluding carboxylic acids is 1. The Hall–Kier alpha value is -2.38. The quantitative estimate of drug-likeness (QED) is 0.551. The molecule has 3 aromatic rings. The van der Waals surface area contributed by atoms with Crippen LogP contribution in [0, 0.1) is 17.0 Å². The topological polar surface area (TPSA) is 88.0 Å². The zero-order valence-electron chi connectivity index (χ0n) is 11.3. The first-order valence-electron chi connectivity index (χ1n) is 6.29. The van der Waals surface area contributed by atoms with Crippen LogP contribution in [0.4, 0.5) is 11.4 Å². The van der Waals surface area contributed by atoms with Crippen LogP contribution in [0.5, 0.6) is 0 Å². The Morgan fingerprint density at radius 2 is 2.18 bits per heavy atom. The molecule has 2 N–H and O–H groups in total. The minimum absolute atomic E-state index is 0.00847. The number of aromatic nitrogens is 1. The van der Waals surface area contributed by atoms with Crippen molar-refractivity contribution in [1.29, 1.82) is 0 Å². The van der Waals surface area contributed by atoms with Gasteiger partial charge in [0.2, 0.25) is 0 Å². The molecule has 112 valence electrons. The molecular formula is C14H10ClN3O3S. The highest BCUT2D eigenvalue weighted by molar-refractivity contribution is 7.18. The van der Waals surface area contributed by atoms with E-state index in [-0.39, 0.29) is 14.9 Å². The van der Waals surface area contributed by atoms with E-state index in [1.807, 2.05) is 25.1 Å². The minimum Gasteiger partial charge on any atom is -0.359 e. The van der Waals surface area contributed by atoms with Gasteiger partial charge < -0.3 is 10.3 Å². The van der Waals surface area contributed by atoms with Gasteiger partial charge in [-0.1, -0.05) is 17.7 Å². The zero-order chi connectivity index (χ0) is 15.9. The van der Waals surface area contributed by atoms with Gasteiger partial charge in [-0.05, 0) is 25.1 Å². The summed E-state index contributed by atoms with van der Waals surface area (Å²) in [6.45, 7) is 1.92. The van der Waals surface area contributed by atoms with E-state index >= 15 is 0 Å². The third-order valence-corrected chi connectivity index (χ3v) is 4.47. The van der Waals surface area contributed by atoms with Crippen molar-refractivity contribution in [3.8, 4) is 0 Å². The molecule has 0 atom stereocenters. The molecule has 0 fully saturated rings. The van der Waals surface area contributed by atoms with Gasteiger partial charge in [0, 0.05) is 22.7 Å².